The highest BCUT2D eigenvalue weighted by molar-refractivity contribution is 5.92. The number of hydrogen-bond acceptors (Lipinski definition) is 6. The number of unbranched alkanes of at least 4 members (excludes halogenated alkanes) is 10. The highest BCUT2D eigenvalue weighted by Gasteiger charge is 2.15. The van der Waals surface area contributed by atoms with E-state index in [-0.39, 0.29) is 12.4 Å². The lowest BCUT2D eigenvalue weighted by atomic mass is 10.0. The van der Waals surface area contributed by atoms with Crippen molar-refractivity contribution in [2.75, 3.05) is 26.3 Å². The second kappa shape index (κ2) is 21.3. The Kier molecular flexibility index (Phi) is 18.2. The summed E-state index contributed by atoms with van der Waals surface area (Å²) < 4.78 is 10.7. The Bertz CT molecular complexity index is 835. The van der Waals surface area contributed by atoms with Crippen molar-refractivity contribution in [1.29, 1.82) is 0 Å². The van der Waals surface area contributed by atoms with E-state index in [9.17, 15) is 9.59 Å². The van der Waals surface area contributed by atoms with Gasteiger partial charge >= 0.3 is 11.9 Å². The van der Waals surface area contributed by atoms with E-state index < -0.39 is 5.97 Å². The van der Waals surface area contributed by atoms with Gasteiger partial charge in [-0.25, -0.2) is 4.79 Å². The molecule has 0 aliphatic carbocycles. The van der Waals surface area contributed by atoms with Gasteiger partial charge in [0.05, 0.1) is 25.2 Å². The summed E-state index contributed by atoms with van der Waals surface area (Å²) in [5, 5.41) is 7.03. The summed E-state index contributed by atoms with van der Waals surface area (Å²) in [4.78, 5) is 30.2. The topological polar surface area (TPSA) is 150 Å². The van der Waals surface area contributed by atoms with E-state index in [0.717, 1.165) is 77.0 Å². The van der Waals surface area contributed by atoms with Crippen molar-refractivity contribution in [3.05, 3.63) is 56.3 Å². The highest BCUT2D eigenvalue weighted by Crippen LogP contribution is 2.13. The molecule has 0 aliphatic rings. The molecule has 0 atom stereocenters. The Hall–Kier alpha value is -3.22. The van der Waals surface area contributed by atoms with Crippen molar-refractivity contribution in [2.24, 2.45) is 10.2 Å². The standard InChI is InChI=1S/C25H38N6O4/c26-30-28-17-11-5-1-3-7-13-19-34-24(32)21-22-15-9-10-16-23(22)25(33)35-20-14-8-4-2-6-12-18-29-31-27/h9-10,15-16H,1-8,11-14,17-21H2. The minimum Gasteiger partial charge on any atom is -0.465 e. The van der Waals surface area contributed by atoms with Crippen LogP contribution in [0.4, 0.5) is 0 Å². The summed E-state index contributed by atoms with van der Waals surface area (Å²) >= 11 is 0. The molecule has 0 heterocycles. The van der Waals surface area contributed by atoms with Gasteiger partial charge in [0.25, 0.3) is 0 Å². The fraction of sp³-hybridized carbons (Fsp3) is 0.680. The molecule has 0 saturated carbocycles. The summed E-state index contributed by atoms with van der Waals surface area (Å²) in [5.74, 6) is -0.761. The van der Waals surface area contributed by atoms with Crippen LogP contribution in [0, 0.1) is 0 Å². The molecule has 0 amide bonds. The first kappa shape index (κ1) is 29.8. The van der Waals surface area contributed by atoms with Gasteiger partial charge in [-0.2, -0.15) is 0 Å². The third-order valence-corrected chi connectivity index (χ3v) is 5.50. The van der Waals surface area contributed by atoms with Crippen LogP contribution >= 0.6 is 0 Å². The fourth-order valence-electron chi connectivity index (χ4n) is 3.58. The van der Waals surface area contributed by atoms with E-state index >= 15 is 0 Å². The van der Waals surface area contributed by atoms with Crippen LogP contribution in [0.25, 0.3) is 20.9 Å². The molecule has 0 radical (unpaired) electrons. The number of ether oxygens (including phenoxy) is 2. The lowest BCUT2D eigenvalue weighted by Crippen LogP contribution is -2.14. The number of benzene rings is 1. The highest BCUT2D eigenvalue weighted by atomic mass is 16.5. The Morgan fingerprint density at radius 2 is 1.17 bits per heavy atom. The first-order chi connectivity index (χ1) is 17.2. The first-order valence-corrected chi connectivity index (χ1v) is 12.6. The number of carbonyl (C=O) groups excluding carboxylic acids is 2. The molecule has 10 heteroatoms. The molecule has 0 aromatic heterocycles. The smallest absolute Gasteiger partial charge is 0.338 e. The zero-order valence-electron chi connectivity index (χ0n) is 20.6. The molecule has 0 bridgehead atoms. The van der Waals surface area contributed by atoms with E-state index in [1.54, 1.807) is 24.3 Å². The van der Waals surface area contributed by atoms with Crippen molar-refractivity contribution in [1.82, 2.24) is 0 Å². The molecule has 0 spiro atoms. The van der Waals surface area contributed by atoms with Gasteiger partial charge in [0.2, 0.25) is 0 Å². The van der Waals surface area contributed by atoms with Crippen molar-refractivity contribution < 1.29 is 19.1 Å². The van der Waals surface area contributed by atoms with Crippen LogP contribution in [-0.4, -0.2) is 38.2 Å². The predicted octanol–water partition coefficient (Wildman–Crippen LogP) is 7.23. The average Bonchev–Trinajstić information content (AvgIpc) is 2.86. The number of hydrogen-bond donors (Lipinski definition) is 0. The minimum atomic E-state index is -0.414. The van der Waals surface area contributed by atoms with Gasteiger partial charge in [0.1, 0.15) is 0 Å². The summed E-state index contributed by atoms with van der Waals surface area (Å²) in [6, 6.07) is 6.99. The third-order valence-electron chi connectivity index (χ3n) is 5.50. The SMILES string of the molecule is [N-]=[N+]=NCCCCCCCCOC(=O)Cc1ccccc1C(=O)OCCCCCCCCN=[N+]=[N-]. The maximum atomic E-state index is 12.5. The van der Waals surface area contributed by atoms with Crippen LogP contribution in [0.5, 0.6) is 0 Å². The van der Waals surface area contributed by atoms with E-state index in [4.69, 9.17) is 20.5 Å². The second-order valence-electron chi connectivity index (χ2n) is 8.34. The monoisotopic (exact) mass is 486 g/mol. The molecular formula is C25H38N6O4. The first-order valence-electron chi connectivity index (χ1n) is 12.6. The second-order valence-corrected chi connectivity index (χ2v) is 8.34. The number of rotatable bonds is 21. The van der Waals surface area contributed by atoms with Gasteiger partial charge in [-0.15, -0.1) is 0 Å². The van der Waals surface area contributed by atoms with Crippen LogP contribution in [0.3, 0.4) is 0 Å². The molecule has 0 saturated heterocycles. The van der Waals surface area contributed by atoms with Crippen molar-refractivity contribution >= 4 is 11.9 Å². The average molecular weight is 487 g/mol. The normalized spacial score (nSPS) is 10.2. The molecule has 35 heavy (non-hydrogen) atoms. The van der Waals surface area contributed by atoms with Crippen LogP contribution < -0.4 is 0 Å². The molecule has 1 aromatic rings. The zero-order chi connectivity index (χ0) is 25.4. The summed E-state index contributed by atoms with van der Waals surface area (Å²) in [7, 11) is 0. The summed E-state index contributed by atoms with van der Waals surface area (Å²) in [5.41, 5.74) is 17.5. The largest absolute Gasteiger partial charge is 0.465 e. The summed E-state index contributed by atoms with van der Waals surface area (Å²) in [6.07, 6.45) is 11.7. The van der Waals surface area contributed by atoms with Crippen LogP contribution in [-0.2, 0) is 20.7 Å². The molecule has 1 rings (SSSR count). The van der Waals surface area contributed by atoms with Crippen LogP contribution in [0.1, 0.15) is 93.0 Å². The quantitative estimate of drug-likeness (QED) is 0.0591. The molecule has 0 unspecified atom stereocenters. The molecule has 0 N–H and O–H groups in total. The number of nitrogens with zero attached hydrogens (tertiary/aromatic N) is 6. The Balaban J connectivity index is 2.19. The van der Waals surface area contributed by atoms with Gasteiger partial charge in [-0.3, -0.25) is 4.79 Å². The van der Waals surface area contributed by atoms with Gasteiger partial charge in [-0.05, 0) is 48.4 Å². The minimum absolute atomic E-state index is 0.0422. The number of esters is 2. The van der Waals surface area contributed by atoms with Crippen molar-refractivity contribution in [3.63, 3.8) is 0 Å². The lowest BCUT2D eigenvalue weighted by molar-refractivity contribution is -0.142. The maximum Gasteiger partial charge on any atom is 0.338 e. The lowest BCUT2D eigenvalue weighted by Gasteiger charge is -2.10. The van der Waals surface area contributed by atoms with Gasteiger partial charge in [0, 0.05) is 22.9 Å². The van der Waals surface area contributed by atoms with E-state index in [0.29, 0.717) is 37.4 Å². The Labute approximate surface area is 207 Å². The van der Waals surface area contributed by atoms with Gasteiger partial charge in [-0.1, -0.05) is 79.8 Å². The molecule has 0 fully saturated rings. The fourth-order valence-corrected chi connectivity index (χ4v) is 3.58. The zero-order valence-corrected chi connectivity index (χ0v) is 20.6. The molecular weight excluding hydrogens is 448 g/mol. The molecule has 10 nitrogen and oxygen atoms in total. The maximum absolute atomic E-state index is 12.5. The third kappa shape index (κ3) is 16.1. The van der Waals surface area contributed by atoms with Crippen molar-refractivity contribution in [3.8, 4) is 0 Å². The van der Waals surface area contributed by atoms with Crippen LogP contribution in [0.15, 0.2) is 34.5 Å². The number of carbonyl (C=O) groups is 2. The van der Waals surface area contributed by atoms with Gasteiger partial charge in [0.15, 0.2) is 0 Å². The number of azide groups is 2. The van der Waals surface area contributed by atoms with E-state index in [2.05, 4.69) is 20.1 Å². The Morgan fingerprint density at radius 3 is 1.74 bits per heavy atom. The molecule has 0 aliphatic heterocycles. The van der Waals surface area contributed by atoms with Crippen molar-refractivity contribution in [2.45, 2.75) is 83.5 Å². The Morgan fingerprint density at radius 1 is 0.686 bits per heavy atom. The molecule has 1 aromatic carbocycles. The van der Waals surface area contributed by atoms with E-state index in [1.807, 2.05) is 0 Å². The van der Waals surface area contributed by atoms with E-state index in [1.165, 1.54) is 0 Å². The molecule has 192 valence electrons. The van der Waals surface area contributed by atoms with Crippen LogP contribution in [0.2, 0.25) is 0 Å². The summed E-state index contributed by atoms with van der Waals surface area (Å²) in [6.45, 7) is 1.81. The predicted molar refractivity (Wildman–Crippen MR) is 135 cm³/mol. The van der Waals surface area contributed by atoms with Gasteiger partial charge < -0.3 is 9.47 Å².